The standard InChI is InChI=1S/C21H35N5O.HI/c1-4-25(5-2)19(18-12-8-6-9-13-18)16-23-21(22-3)24-17-20(27)26-14-10-7-11-15-26;/h6,8-9,12-13,19H,4-5,7,10-11,14-17H2,1-3H3,(H2,22,23,24);1H. The summed E-state index contributed by atoms with van der Waals surface area (Å²) < 4.78 is 0. The van der Waals surface area contributed by atoms with Crippen LogP contribution in [0.25, 0.3) is 0 Å². The maximum Gasteiger partial charge on any atom is 0.241 e. The first-order valence-corrected chi connectivity index (χ1v) is 10.2. The molecule has 6 nitrogen and oxygen atoms in total. The highest BCUT2D eigenvalue weighted by Crippen LogP contribution is 2.19. The summed E-state index contributed by atoms with van der Waals surface area (Å²) >= 11 is 0. The van der Waals surface area contributed by atoms with E-state index < -0.39 is 0 Å². The Balaban J connectivity index is 0.00000392. The summed E-state index contributed by atoms with van der Waals surface area (Å²) in [5.74, 6) is 0.828. The minimum Gasteiger partial charge on any atom is -0.354 e. The van der Waals surface area contributed by atoms with Crippen LogP contribution in [0.4, 0.5) is 0 Å². The average molecular weight is 501 g/mol. The summed E-state index contributed by atoms with van der Waals surface area (Å²) in [6.45, 7) is 9.13. The largest absolute Gasteiger partial charge is 0.354 e. The Hall–Kier alpha value is -1.35. The number of carbonyl (C=O) groups excluding carboxylic acids is 1. The van der Waals surface area contributed by atoms with Gasteiger partial charge in [0.25, 0.3) is 0 Å². The number of amides is 1. The minimum absolute atomic E-state index is 0. The van der Waals surface area contributed by atoms with Crippen LogP contribution in [-0.2, 0) is 4.79 Å². The molecule has 1 unspecified atom stereocenters. The van der Waals surface area contributed by atoms with Crippen LogP contribution >= 0.6 is 24.0 Å². The summed E-state index contributed by atoms with van der Waals surface area (Å²) in [6, 6.07) is 10.8. The lowest BCUT2D eigenvalue weighted by Crippen LogP contribution is -2.47. The second-order valence-corrected chi connectivity index (χ2v) is 6.90. The molecular weight excluding hydrogens is 465 g/mol. The average Bonchev–Trinajstić information content (AvgIpc) is 2.74. The Labute approximate surface area is 187 Å². The fraction of sp³-hybridized carbons (Fsp3) is 0.619. The van der Waals surface area contributed by atoms with Gasteiger partial charge in [0, 0.05) is 26.7 Å². The summed E-state index contributed by atoms with van der Waals surface area (Å²) in [7, 11) is 1.75. The lowest BCUT2D eigenvalue weighted by molar-refractivity contribution is -0.130. The van der Waals surface area contributed by atoms with Gasteiger partial charge in [-0.05, 0) is 37.9 Å². The summed E-state index contributed by atoms with van der Waals surface area (Å²) in [6.07, 6.45) is 3.45. The molecule has 1 aromatic rings. The van der Waals surface area contributed by atoms with Crippen LogP contribution in [-0.4, -0.2) is 68.0 Å². The number of likely N-dealkylation sites (tertiary alicyclic amines) is 1. The molecule has 2 N–H and O–H groups in total. The van der Waals surface area contributed by atoms with E-state index in [1.54, 1.807) is 7.05 Å². The second-order valence-electron chi connectivity index (χ2n) is 6.90. The monoisotopic (exact) mass is 501 g/mol. The first kappa shape index (κ1) is 24.7. The predicted octanol–water partition coefficient (Wildman–Crippen LogP) is 2.87. The third-order valence-electron chi connectivity index (χ3n) is 5.24. The zero-order valence-corrected chi connectivity index (χ0v) is 19.8. The minimum atomic E-state index is 0. The molecule has 0 aromatic heterocycles. The van der Waals surface area contributed by atoms with Gasteiger partial charge in [-0.3, -0.25) is 14.7 Å². The Morgan fingerprint density at radius 1 is 1.11 bits per heavy atom. The van der Waals surface area contributed by atoms with Crippen LogP contribution in [0.3, 0.4) is 0 Å². The smallest absolute Gasteiger partial charge is 0.241 e. The molecule has 1 aromatic carbocycles. The number of piperidine rings is 1. The quantitative estimate of drug-likeness (QED) is 0.327. The normalized spacial score (nSPS) is 15.7. The van der Waals surface area contributed by atoms with Gasteiger partial charge in [-0.25, -0.2) is 0 Å². The van der Waals surface area contributed by atoms with Crippen molar-refractivity contribution < 1.29 is 4.79 Å². The number of guanidine groups is 1. The van der Waals surface area contributed by atoms with Gasteiger partial charge in [0.2, 0.25) is 5.91 Å². The number of nitrogens with zero attached hydrogens (tertiary/aromatic N) is 3. The molecule has 1 amide bonds. The number of halogens is 1. The van der Waals surface area contributed by atoms with Crippen LogP contribution in [0.15, 0.2) is 35.3 Å². The van der Waals surface area contributed by atoms with Gasteiger partial charge in [-0.2, -0.15) is 0 Å². The van der Waals surface area contributed by atoms with Crippen molar-refractivity contribution in [1.29, 1.82) is 0 Å². The van der Waals surface area contributed by atoms with E-state index in [9.17, 15) is 4.79 Å². The molecule has 0 radical (unpaired) electrons. The Bertz CT molecular complexity index is 586. The molecule has 158 valence electrons. The van der Waals surface area contributed by atoms with Gasteiger partial charge in [0.1, 0.15) is 0 Å². The van der Waals surface area contributed by atoms with Crippen molar-refractivity contribution >= 4 is 35.8 Å². The maximum absolute atomic E-state index is 12.4. The molecule has 0 aliphatic carbocycles. The molecular formula is C21H36IN5O. The molecule has 0 saturated carbocycles. The molecule has 1 fully saturated rings. The van der Waals surface area contributed by atoms with Crippen molar-refractivity contribution in [3.8, 4) is 0 Å². The highest BCUT2D eigenvalue weighted by atomic mass is 127. The number of carbonyl (C=O) groups is 1. The van der Waals surface area contributed by atoms with Crippen molar-refractivity contribution in [2.24, 2.45) is 4.99 Å². The zero-order chi connectivity index (χ0) is 19.5. The highest BCUT2D eigenvalue weighted by Gasteiger charge is 2.19. The SMILES string of the molecule is CCN(CC)C(CNC(=NC)NCC(=O)N1CCCCC1)c1ccccc1.I. The van der Waals surface area contributed by atoms with Crippen LogP contribution < -0.4 is 10.6 Å². The first-order valence-electron chi connectivity index (χ1n) is 10.2. The van der Waals surface area contributed by atoms with E-state index in [-0.39, 0.29) is 35.9 Å². The second kappa shape index (κ2) is 13.8. The summed E-state index contributed by atoms with van der Waals surface area (Å²) in [5.41, 5.74) is 1.29. The molecule has 1 heterocycles. The topological polar surface area (TPSA) is 60.0 Å². The maximum atomic E-state index is 12.4. The Morgan fingerprint density at radius 2 is 1.75 bits per heavy atom. The first-order chi connectivity index (χ1) is 13.2. The molecule has 7 heteroatoms. The number of hydrogen-bond acceptors (Lipinski definition) is 3. The third kappa shape index (κ3) is 7.58. The molecule has 1 aliphatic heterocycles. The van der Waals surface area contributed by atoms with E-state index in [4.69, 9.17) is 0 Å². The molecule has 0 bridgehead atoms. The van der Waals surface area contributed by atoms with Gasteiger partial charge < -0.3 is 15.5 Å². The molecule has 28 heavy (non-hydrogen) atoms. The van der Waals surface area contributed by atoms with Gasteiger partial charge in [0.15, 0.2) is 5.96 Å². The van der Waals surface area contributed by atoms with E-state index in [1.807, 2.05) is 11.0 Å². The zero-order valence-electron chi connectivity index (χ0n) is 17.5. The highest BCUT2D eigenvalue weighted by molar-refractivity contribution is 14.0. The summed E-state index contributed by atoms with van der Waals surface area (Å²) in [4.78, 5) is 21.0. The number of aliphatic imine (C=N–C) groups is 1. The molecule has 1 aliphatic rings. The number of rotatable bonds is 8. The number of benzene rings is 1. The van der Waals surface area contributed by atoms with Crippen LogP contribution in [0.1, 0.15) is 44.7 Å². The number of hydrogen-bond donors (Lipinski definition) is 2. The molecule has 0 spiro atoms. The van der Waals surface area contributed by atoms with Crippen molar-refractivity contribution in [3.05, 3.63) is 35.9 Å². The van der Waals surface area contributed by atoms with E-state index >= 15 is 0 Å². The Morgan fingerprint density at radius 3 is 2.32 bits per heavy atom. The van der Waals surface area contributed by atoms with Gasteiger partial charge in [-0.15, -0.1) is 24.0 Å². The van der Waals surface area contributed by atoms with Gasteiger partial charge in [0.05, 0.1) is 12.6 Å². The van der Waals surface area contributed by atoms with Crippen molar-refractivity contribution in [2.75, 3.05) is 46.3 Å². The summed E-state index contributed by atoms with van der Waals surface area (Å²) in [5, 5.41) is 6.58. The Kier molecular flexibility index (Phi) is 12.1. The van der Waals surface area contributed by atoms with E-state index in [2.05, 4.69) is 58.6 Å². The number of nitrogens with one attached hydrogen (secondary N) is 2. The predicted molar refractivity (Wildman–Crippen MR) is 127 cm³/mol. The lowest BCUT2D eigenvalue weighted by atomic mass is 10.1. The van der Waals surface area contributed by atoms with E-state index in [0.717, 1.165) is 45.6 Å². The van der Waals surface area contributed by atoms with Crippen molar-refractivity contribution in [2.45, 2.75) is 39.2 Å². The fourth-order valence-corrected chi connectivity index (χ4v) is 3.63. The lowest BCUT2D eigenvalue weighted by Gasteiger charge is -2.31. The molecule has 1 atom stereocenters. The van der Waals surface area contributed by atoms with E-state index in [0.29, 0.717) is 12.5 Å². The van der Waals surface area contributed by atoms with Crippen molar-refractivity contribution in [1.82, 2.24) is 20.4 Å². The third-order valence-corrected chi connectivity index (χ3v) is 5.24. The van der Waals surface area contributed by atoms with Crippen molar-refractivity contribution in [3.63, 3.8) is 0 Å². The number of likely N-dealkylation sites (N-methyl/N-ethyl adjacent to an activating group) is 1. The van der Waals surface area contributed by atoms with Crippen LogP contribution in [0.2, 0.25) is 0 Å². The van der Waals surface area contributed by atoms with Crippen LogP contribution in [0.5, 0.6) is 0 Å². The van der Waals surface area contributed by atoms with Gasteiger partial charge in [-0.1, -0.05) is 44.2 Å². The molecule has 2 rings (SSSR count). The van der Waals surface area contributed by atoms with E-state index in [1.165, 1.54) is 12.0 Å². The van der Waals surface area contributed by atoms with Crippen LogP contribution in [0, 0.1) is 0 Å². The van der Waals surface area contributed by atoms with Gasteiger partial charge >= 0.3 is 0 Å². The fourth-order valence-electron chi connectivity index (χ4n) is 3.63. The molecule has 1 saturated heterocycles.